The lowest BCUT2D eigenvalue weighted by molar-refractivity contribution is 0.254. The third kappa shape index (κ3) is 44.0. The Bertz CT molecular complexity index is 392. The summed E-state index contributed by atoms with van der Waals surface area (Å²) < 4.78 is 0. The largest absolute Gasteiger partial charge is 0.396 e. The van der Waals surface area contributed by atoms with Gasteiger partial charge in [0.05, 0.1) is 0 Å². The Morgan fingerprint density at radius 1 is 0.250 bits per heavy atom. The Hall–Kier alpha value is -0.0800. The van der Waals surface area contributed by atoms with Crippen LogP contribution in [0.5, 0.6) is 0 Å². The quantitative estimate of drug-likeness (QED) is 0.0696. The molecule has 44 heavy (non-hydrogen) atoms. The molecule has 0 unspecified atom stereocenters. The van der Waals surface area contributed by atoms with E-state index in [1.165, 1.54) is 232 Å². The zero-order valence-electron chi connectivity index (χ0n) is 31.8. The summed E-state index contributed by atoms with van der Waals surface area (Å²) in [5.74, 6) is 0. The first-order valence-electron chi connectivity index (χ1n) is 21.1. The first kappa shape index (κ1) is 46.0. The minimum absolute atomic E-state index is 0.361. The fourth-order valence-electron chi connectivity index (χ4n) is 6.34. The van der Waals surface area contributed by atoms with E-state index in [0.717, 1.165) is 6.42 Å². The molecule has 0 atom stereocenters. The molecule has 0 aromatic rings. The van der Waals surface area contributed by atoms with Crippen LogP contribution in [-0.2, 0) is 0 Å². The highest BCUT2D eigenvalue weighted by molar-refractivity contribution is 4.61. The number of nitrogens with zero attached hydrogens (tertiary/aromatic N) is 1. The SMILES string of the molecule is CCCCCCCCCCCCN(CCCCCCCCCCCC)CCCCCCCCCCCC.CCCCCCO. The van der Waals surface area contributed by atoms with E-state index in [0.29, 0.717) is 6.61 Å². The molecule has 0 aromatic heterocycles. The maximum Gasteiger partial charge on any atom is 0.0431 e. The van der Waals surface area contributed by atoms with Crippen molar-refractivity contribution >= 4 is 0 Å². The Balaban J connectivity index is 0. The molecule has 0 heterocycles. The van der Waals surface area contributed by atoms with Crippen LogP contribution in [0.3, 0.4) is 0 Å². The van der Waals surface area contributed by atoms with Crippen LogP contribution in [0.15, 0.2) is 0 Å². The van der Waals surface area contributed by atoms with Crippen molar-refractivity contribution in [2.45, 2.75) is 246 Å². The summed E-state index contributed by atoms with van der Waals surface area (Å²) in [4.78, 5) is 2.85. The highest BCUT2D eigenvalue weighted by Gasteiger charge is 2.05. The summed E-state index contributed by atoms with van der Waals surface area (Å²) in [6.07, 6.45) is 48.3. The summed E-state index contributed by atoms with van der Waals surface area (Å²) in [6.45, 7) is 13.6. The third-order valence-corrected chi connectivity index (χ3v) is 9.50. The van der Waals surface area contributed by atoms with E-state index in [-0.39, 0.29) is 0 Å². The Labute approximate surface area is 281 Å². The molecule has 0 spiro atoms. The number of unbranched alkanes of at least 4 members (excludes halogenated alkanes) is 30. The maximum atomic E-state index is 8.29. The van der Waals surface area contributed by atoms with Gasteiger partial charge in [0.25, 0.3) is 0 Å². The second-order valence-corrected chi connectivity index (χ2v) is 14.2. The van der Waals surface area contributed by atoms with E-state index in [2.05, 4.69) is 32.6 Å². The van der Waals surface area contributed by atoms with Gasteiger partial charge in [-0.3, -0.25) is 0 Å². The van der Waals surface area contributed by atoms with Crippen molar-refractivity contribution in [3.8, 4) is 0 Å². The molecule has 0 saturated heterocycles. The monoisotopic (exact) mass is 624 g/mol. The van der Waals surface area contributed by atoms with Gasteiger partial charge in [-0.1, -0.05) is 220 Å². The highest BCUT2D eigenvalue weighted by atomic mass is 16.2. The summed E-state index contributed by atoms with van der Waals surface area (Å²) >= 11 is 0. The van der Waals surface area contributed by atoms with Gasteiger partial charge in [0.15, 0.2) is 0 Å². The van der Waals surface area contributed by atoms with E-state index in [9.17, 15) is 0 Å². The molecule has 0 fully saturated rings. The molecule has 0 bridgehead atoms. The Morgan fingerprint density at radius 2 is 0.432 bits per heavy atom. The molecule has 1 N–H and O–H groups in total. The average molecular weight is 624 g/mol. The lowest BCUT2D eigenvalue weighted by atomic mass is 10.1. The molecular weight excluding hydrogens is 534 g/mol. The molecule has 2 nitrogen and oxygen atoms in total. The van der Waals surface area contributed by atoms with E-state index in [1.807, 2.05) is 0 Å². The second kappa shape index (κ2) is 45.0. The number of aliphatic hydroxyl groups excluding tert-OH is 1. The van der Waals surface area contributed by atoms with Crippen LogP contribution in [-0.4, -0.2) is 36.2 Å². The standard InChI is InChI=1S/C36H75N.C6H14O/c1-4-7-10-13-16-19-22-25-28-31-34-37(35-32-29-26-23-20-17-14-11-8-5-2)36-33-30-27-24-21-18-15-12-9-6-3;1-2-3-4-5-6-7/h4-36H2,1-3H3;7H,2-6H2,1H3. The fourth-order valence-corrected chi connectivity index (χ4v) is 6.34. The molecule has 0 aliphatic heterocycles. The number of rotatable bonds is 37. The van der Waals surface area contributed by atoms with Crippen molar-refractivity contribution in [3.05, 3.63) is 0 Å². The number of aliphatic hydroxyl groups is 1. The zero-order valence-corrected chi connectivity index (χ0v) is 31.8. The lowest BCUT2D eigenvalue weighted by Crippen LogP contribution is -2.27. The molecule has 2 heteroatoms. The van der Waals surface area contributed by atoms with Crippen LogP contribution in [0.4, 0.5) is 0 Å². The average Bonchev–Trinajstić information content (AvgIpc) is 3.03. The van der Waals surface area contributed by atoms with E-state index in [1.54, 1.807) is 0 Å². The minimum atomic E-state index is 0.361. The summed E-state index contributed by atoms with van der Waals surface area (Å²) in [6, 6.07) is 0. The Kier molecular flexibility index (Phi) is 47.1. The van der Waals surface area contributed by atoms with Crippen molar-refractivity contribution in [2.24, 2.45) is 0 Å². The maximum absolute atomic E-state index is 8.29. The van der Waals surface area contributed by atoms with Gasteiger partial charge in [0, 0.05) is 6.61 Å². The van der Waals surface area contributed by atoms with Gasteiger partial charge in [0.2, 0.25) is 0 Å². The van der Waals surface area contributed by atoms with Crippen LogP contribution >= 0.6 is 0 Å². The smallest absolute Gasteiger partial charge is 0.0431 e. The van der Waals surface area contributed by atoms with Gasteiger partial charge in [-0.05, 0) is 45.3 Å². The van der Waals surface area contributed by atoms with Crippen molar-refractivity contribution in [1.29, 1.82) is 0 Å². The van der Waals surface area contributed by atoms with E-state index in [4.69, 9.17) is 5.11 Å². The predicted molar refractivity (Wildman–Crippen MR) is 203 cm³/mol. The predicted octanol–water partition coefficient (Wildman–Crippen LogP) is 14.6. The van der Waals surface area contributed by atoms with Crippen LogP contribution in [0, 0.1) is 0 Å². The van der Waals surface area contributed by atoms with Gasteiger partial charge in [0.1, 0.15) is 0 Å². The first-order valence-corrected chi connectivity index (χ1v) is 21.1. The molecule has 0 rings (SSSR count). The van der Waals surface area contributed by atoms with Gasteiger partial charge < -0.3 is 10.0 Å². The van der Waals surface area contributed by atoms with Crippen molar-refractivity contribution in [1.82, 2.24) is 4.90 Å². The van der Waals surface area contributed by atoms with Crippen LogP contribution < -0.4 is 0 Å². The lowest BCUT2D eigenvalue weighted by Gasteiger charge is -2.22. The van der Waals surface area contributed by atoms with Gasteiger partial charge in [-0.2, -0.15) is 0 Å². The summed E-state index contributed by atoms with van der Waals surface area (Å²) in [5, 5.41) is 8.29. The third-order valence-electron chi connectivity index (χ3n) is 9.50. The fraction of sp³-hybridized carbons (Fsp3) is 1.00. The van der Waals surface area contributed by atoms with Gasteiger partial charge >= 0.3 is 0 Å². The summed E-state index contributed by atoms with van der Waals surface area (Å²) in [5.41, 5.74) is 0. The summed E-state index contributed by atoms with van der Waals surface area (Å²) in [7, 11) is 0. The molecule has 0 aliphatic carbocycles. The van der Waals surface area contributed by atoms with Crippen LogP contribution in [0.2, 0.25) is 0 Å². The normalized spacial score (nSPS) is 11.3. The number of hydrogen-bond donors (Lipinski definition) is 1. The van der Waals surface area contributed by atoms with Crippen molar-refractivity contribution in [3.63, 3.8) is 0 Å². The molecule has 0 aromatic carbocycles. The van der Waals surface area contributed by atoms with Gasteiger partial charge in [-0.25, -0.2) is 0 Å². The molecule has 0 aliphatic rings. The van der Waals surface area contributed by atoms with E-state index >= 15 is 0 Å². The van der Waals surface area contributed by atoms with Crippen LogP contribution in [0.25, 0.3) is 0 Å². The van der Waals surface area contributed by atoms with Crippen molar-refractivity contribution in [2.75, 3.05) is 26.2 Å². The second-order valence-electron chi connectivity index (χ2n) is 14.2. The molecule has 268 valence electrons. The van der Waals surface area contributed by atoms with Gasteiger partial charge in [-0.15, -0.1) is 0 Å². The topological polar surface area (TPSA) is 23.5 Å². The van der Waals surface area contributed by atoms with Crippen molar-refractivity contribution < 1.29 is 5.11 Å². The minimum Gasteiger partial charge on any atom is -0.396 e. The highest BCUT2D eigenvalue weighted by Crippen LogP contribution is 2.15. The van der Waals surface area contributed by atoms with E-state index < -0.39 is 0 Å². The number of hydrogen-bond acceptors (Lipinski definition) is 2. The molecular formula is C42H89NO. The molecule has 0 radical (unpaired) electrons. The molecule has 0 amide bonds. The molecule has 0 saturated carbocycles. The zero-order chi connectivity index (χ0) is 32.4. The Morgan fingerprint density at radius 3 is 0.636 bits per heavy atom. The van der Waals surface area contributed by atoms with Crippen LogP contribution in [0.1, 0.15) is 246 Å². The first-order chi connectivity index (χ1) is 21.8.